The Hall–Kier alpha value is -11.7. The van der Waals surface area contributed by atoms with E-state index < -0.39 is 48.4 Å². The molecule has 0 spiro atoms. The van der Waals surface area contributed by atoms with Crippen LogP contribution in [0.5, 0.6) is 11.5 Å². The molecule has 31 nitrogen and oxygen atoms in total. The lowest BCUT2D eigenvalue weighted by Gasteiger charge is -2.40. The lowest BCUT2D eigenvalue weighted by molar-refractivity contribution is 0.0844. The van der Waals surface area contributed by atoms with Crippen molar-refractivity contribution in [1.29, 1.82) is 0 Å². The summed E-state index contributed by atoms with van der Waals surface area (Å²) in [5.41, 5.74) is 33.5. The first-order chi connectivity index (χ1) is 68.0. The monoisotopic (exact) mass is 2120 g/mol. The van der Waals surface area contributed by atoms with Crippen LogP contribution in [-0.2, 0) is 34.5 Å². The number of ether oxygens (including phenoxy) is 7. The molecule has 750 valence electrons. The number of pyridine rings is 5. The maximum Gasteiger partial charge on any atom is 0.417 e. The SMILES string of the molecule is Cc1cc(NC(=O)NC2c3ccc(Br)cc3C(C)(C)C[C@H]2O)c(C2CCOCC2)nc1C(N)=O.Cc1cc(NC(=O)N[C@@H]2c3ccccc3C(C)(C)C[C@H]2O)c(C2CCOCC2)nc1Br.Cc1ccc(OC(=O)Nc2cc(C)c(-c3cnc(C)nc3)nc2C2CCOCC2)cc1.Cc1ccc(OC(=O)Nc2cc(C)c(Br)nc2C2CCOCC2)cc1.Cc1ncc(-c2nc(C3CCOCC3)c(N)cc2C)cn1. The number of fused-ring (bicyclic) bond motifs is 2. The highest BCUT2D eigenvalue weighted by molar-refractivity contribution is 9.11. The molecule has 0 radical (unpaired) electrons. The molecule has 0 saturated carbocycles. The Labute approximate surface area is 854 Å². The summed E-state index contributed by atoms with van der Waals surface area (Å²) in [6, 6.07) is 36.4. The standard InChI is InChI=1S/C25H31BrN4O4.C24H30BrN3O3.C24H26N4O3.C19H21BrN2O3.C16H20N4O/c1-13-10-18(21(29-20(13)23(27)32)14-6-8-34-9-7-14)28-24(33)30-22-16-5-4-15(26)11-17(16)25(2,3)12-19(22)31;1-14-12-18(20(27-22(14)25)15-8-10-31-11-9-15)26-23(30)28-21-16-6-4-5-7-17(16)24(2,3)13-19(21)29;1-15-4-6-20(7-5-15)31-24(29)27-21-12-16(2)22(19-13-25-17(3)26-14-19)28-23(21)18-8-10-30-11-9-18;1-12-3-5-15(6-4-12)25-19(23)21-16-11-13(2)18(20)22-17(16)14-7-9-24-10-8-14;1-10-7-14(17)16(12-3-5-21-6-4-12)20-15(10)13-8-18-11(2)19-9-13/h4-5,10-11,14,19,22,31H,6-9,12H2,1-3H3,(H2,27,32)(H2,28,30,33);4-7,12,15,19,21,29H,8-11,13H2,1-3H3,(H2,26,28,30);4-7,12-14,18H,8-11H2,1-3H3,(H,27,29);3-6,11,14H,7-10H2,1-2H3,(H,21,23);7-9,12H,3-6,17H2,1-2H3/t19-,22?;19-,21-;;;/m11.../s1. The van der Waals surface area contributed by atoms with Gasteiger partial charge in [0, 0.05) is 136 Å². The number of halogens is 3. The number of nitrogen functional groups attached to an aromatic ring is 1. The van der Waals surface area contributed by atoms with E-state index in [1.807, 2.05) is 153 Å². The Morgan fingerprint density at radius 2 is 0.732 bits per heavy atom. The van der Waals surface area contributed by atoms with Crippen LogP contribution in [0, 0.1) is 62.3 Å². The van der Waals surface area contributed by atoms with E-state index in [1.54, 1.807) is 49.6 Å². The highest BCUT2D eigenvalue weighted by atomic mass is 79.9. The third-order valence-corrected chi connectivity index (χ3v) is 28.9. The van der Waals surface area contributed by atoms with E-state index in [1.165, 1.54) is 0 Å². The van der Waals surface area contributed by atoms with Crippen LogP contribution in [0.25, 0.3) is 22.5 Å². The van der Waals surface area contributed by atoms with E-state index in [2.05, 4.69) is 143 Å². The number of aliphatic hydroxyl groups is 2. The summed E-state index contributed by atoms with van der Waals surface area (Å²) in [4.78, 5) is 104. The zero-order chi connectivity index (χ0) is 101. The van der Waals surface area contributed by atoms with E-state index in [-0.39, 0.29) is 46.2 Å². The van der Waals surface area contributed by atoms with Crippen molar-refractivity contribution in [2.45, 2.75) is 232 Å². The largest absolute Gasteiger partial charge is 0.417 e. The lowest BCUT2D eigenvalue weighted by Crippen LogP contribution is -2.45. The zero-order valence-electron chi connectivity index (χ0n) is 82.7. The third-order valence-electron chi connectivity index (χ3n) is 26.8. The van der Waals surface area contributed by atoms with Crippen molar-refractivity contribution in [3.63, 3.8) is 0 Å². The first kappa shape index (κ1) is 106. The summed E-state index contributed by atoms with van der Waals surface area (Å²) in [7, 11) is 0. The van der Waals surface area contributed by atoms with Crippen molar-refractivity contribution >= 4 is 106 Å². The van der Waals surface area contributed by atoms with E-state index in [9.17, 15) is 34.2 Å². The van der Waals surface area contributed by atoms with Crippen LogP contribution in [0.4, 0.5) is 47.6 Å². The summed E-state index contributed by atoms with van der Waals surface area (Å²) in [5, 5.41) is 39.4. The van der Waals surface area contributed by atoms with Gasteiger partial charge in [-0.3, -0.25) is 15.4 Å². The molecule has 5 aliphatic heterocycles. The summed E-state index contributed by atoms with van der Waals surface area (Å²) in [5.74, 6) is 2.99. The predicted molar refractivity (Wildman–Crippen MR) is 558 cm³/mol. The van der Waals surface area contributed by atoms with Gasteiger partial charge in [0.15, 0.2) is 0 Å². The van der Waals surface area contributed by atoms with Crippen LogP contribution in [0.15, 0.2) is 160 Å². The van der Waals surface area contributed by atoms with Crippen molar-refractivity contribution in [2.75, 3.05) is 93.1 Å². The molecule has 4 atom stereocenters. The Morgan fingerprint density at radius 3 is 1.14 bits per heavy atom. The number of carbonyl (C=O) groups excluding carboxylic acids is 5. The van der Waals surface area contributed by atoms with Crippen molar-refractivity contribution in [1.82, 2.24) is 55.5 Å². The Morgan fingerprint density at radius 1 is 0.394 bits per heavy atom. The van der Waals surface area contributed by atoms with Crippen molar-refractivity contribution < 1.29 is 67.3 Å². The Kier molecular flexibility index (Phi) is 36.3. The third kappa shape index (κ3) is 27.6. The number of hydrogen-bond acceptors (Lipinski definition) is 24. The van der Waals surface area contributed by atoms with Crippen LogP contribution in [0.2, 0.25) is 0 Å². The number of amides is 7. The molecule has 12 heterocycles. The fraction of sp³-hybridized carbons (Fsp3) is 0.426. The number of aryl methyl sites for hydroxylation is 9. The average molecular weight is 2130 g/mol. The summed E-state index contributed by atoms with van der Waals surface area (Å²) < 4.78 is 40.7. The second-order valence-electron chi connectivity index (χ2n) is 38.6. The molecule has 7 aliphatic rings. The first-order valence-electron chi connectivity index (χ1n) is 48.4. The smallest absolute Gasteiger partial charge is 0.410 e. The summed E-state index contributed by atoms with van der Waals surface area (Å²) in [6.45, 7) is 32.7. The van der Waals surface area contributed by atoms with Gasteiger partial charge >= 0.3 is 24.2 Å². The number of carbonyl (C=O) groups is 5. The number of primary amides is 1. The normalized spacial score (nSPS) is 18.5. The molecule has 1 unspecified atom stereocenters. The number of aliphatic hydroxyl groups excluding tert-OH is 2. The number of hydrogen-bond donors (Lipinski definition) is 10. The van der Waals surface area contributed by atoms with Gasteiger partial charge in [-0.1, -0.05) is 109 Å². The molecule has 18 rings (SSSR count). The lowest BCUT2D eigenvalue weighted by atomic mass is 9.69. The van der Waals surface area contributed by atoms with Crippen molar-refractivity contribution in [3.8, 4) is 34.0 Å². The Balaban J connectivity index is 0.000000142. The van der Waals surface area contributed by atoms with Crippen molar-refractivity contribution in [3.05, 3.63) is 267 Å². The van der Waals surface area contributed by atoms with Gasteiger partial charge in [-0.25, -0.2) is 64.0 Å². The van der Waals surface area contributed by atoms with Gasteiger partial charge in [-0.15, -0.1) is 0 Å². The van der Waals surface area contributed by atoms with Gasteiger partial charge in [-0.2, -0.15) is 0 Å². The average Bonchev–Trinajstić information content (AvgIpc) is 0.754. The number of benzene rings is 4. The van der Waals surface area contributed by atoms with Crippen LogP contribution in [-0.4, -0.2) is 164 Å². The van der Waals surface area contributed by atoms with E-state index in [4.69, 9.17) is 59.6 Å². The highest BCUT2D eigenvalue weighted by Crippen LogP contribution is 2.47. The van der Waals surface area contributed by atoms with Crippen LogP contribution < -0.4 is 52.8 Å². The maximum atomic E-state index is 13.1. The number of urea groups is 2. The molecule has 142 heavy (non-hydrogen) atoms. The van der Waals surface area contributed by atoms with Crippen LogP contribution in [0.3, 0.4) is 0 Å². The van der Waals surface area contributed by atoms with Gasteiger partial charge in [0.1, 0.15) is 38.0 Å². The van der Waals surface area contributed by atoms with E-state index >= 15 is 0 Å². The van der Waals surface area contributed by atoms with Crippen LogP contribution in [0.1, 0.15) is 258 Å². The molecule has 0 bridgehead atoms. The van der Waals surface area contributed by atoms with Gasteiger partial charge in [0.05, 0.1) is 92.6 Å². The van der Waals surface area contributed by atoms with Gasteiger partial charge < -0.3 is 76.1 Å². The quantitative estimate of drug-likeness (QED) is 0.0402. The maximum absolute atomic E-state index is 13.1. The number of rotatable bonds is 16. The molecule has 2 aliphatic carbocycles. The number of aromatic nitrogens is 9. The molecule has 5 fully saturated rings. The first-order valence-corrected chi connectivity index (χ1v) is 50.8. The topological polar surface area (TPSA) is 431 Å². The minimum atomic E-state index is -0.735. The second-order valence-corrected chi connectivity index (χ2v) is 41.0. The molecule has 7 amide bonds. The van der Waals surface area contributed by atoms with E-state index in [0.29, 0.717) is 123 Å². The van der Waals surface area contributed by atoms with Gasteiger partial charge in [-0.05, 0) is 299 Å². The zero-order valence-corrected chi connectivity index (χ0v) is 87.5. The Bertz CT molecular complexity index is 6270. The van der Waals surface area contributed by atoms with Gasteiger partial charge in [0.25, 0.3) is 5.91 Å². The molecule has 11 aromatic rings. The summed E-state index contributed by atoms with van der Waals surface area (Å²) >= 11 is 10.5. The second kappa shape index (κ2) is 48.6. The number of nitrogens with zero attached hydrogens (tertiary/aromatic N) is 9. The molecule has 4 aromatic carbocycles. The molecule has 7 aromatic heterocycles. The minimum absolute atomic E-state index is 0.0434. The molecule has 34 heteroatoms. The minimum Gasteiger partial charge on any atom is -0.410 e. The van der Waals surface area contributed by atoms with Crippen LogP contribution >= 0.6 is 47.8 Å². The van der Waals surface area contributed by atoms with E-state index in [0.717, 1.165) is 204 Å². The van der Waals surface area contributed by atoms with Crippen molar-refractivity contribution in [2.24, 2.45) is 5.73 Å². The molecule has 5 saturated heterocycles. The predicted octanol–water partition coefficient (Wildman–Crippen LogP) is 21.6. The molecular formula is C108H128Br3N17O14. The fourth-order valence-corrected chi connectivity index (χ4v) is 20.1. The molecular weight excluding hydrogens is 2000 g/mol. The number of anilines is 5. The summed E-state index contributed by atoms with van der Waals surface area (Å²) in [6.07, 6.45) is 14.5. The fourth-order valence-electron chi connectivity index (χ4n) is 19.1. The highest BCUT2D eigenvalue weighted by Gasteiger charge is 2.42. The number of nitrogens with one attached hydrogen (secondary N) is 6. The molecule has 12 N–H and O–H groups in total. The van der Waals surface area contributed by atoms with Gasteiger partial charge in [0.2, 0.25) is 0 Å². The number of nitrogens with two attached hydrogens (primary N) is 2.